The van der Waals surface area contributed by atoms with E-state index >= 15 is 0 Å². The van der Waals surface area contributed by atoms with Gasteiger partial charge in [-0.2, -0.15) is 0 Å². The number of carbonyl (C=O) groups excluding carboxylic acids is 2. The number of aromatic nitrogens is 4. The minimum atomic E-state index is -0.503. The summed E-state index contributed by atoms with van der Waals surface area (Å²) in [5, 5.41) is 3.18. The number of nitrogens with one attached hydrogen (secondary N) is 3. The van der Waals surface area contributed by atoms with E-state index in [1.165, 1.54) is 12.4 Å². The largest absolute Gasteiger partial charge is 0.444 e. The summed E-state index contributed by atoms with van der Waals surface area (Å²) >= 11 is 9.28. The Bertz CT molecular complexity index is 1330. The van der Waals surface area contributed by atoms with Gasteiger partial charge >= 0.3 is 12.2 Å². The molecule has 2 aliphatic heterocycles. The number of halogens is 3. The summed E-state index contributed by atoms with van der Waals surface area (Å²) in [7, 11) is 0. The predicted molar refractivity (Wildman–Crippen MR) is 174 cm³/mol. The lowest BCUT2D eigenvalue weighted by atomic mass is 10.2. The average Bonchev–Trinajstić information content (AvgIpc) is 2.92. The lowest BCUT2D eigenvalue weighted by Crippen LogP contribution is -2.51. The third-order valence-corrected chi connectivity index (χ3v) is 6.80. The third kappa shape index (κ3) is 13.8. The Kier molecular flexibility index (Phi) is 14.1. The first-order valence-electron chi connectivity index (χ1n) is 13.5. The lowest BCUT2D eigenvalue weighted by molar-refractivity contribution is 0.0223. The minimum absolute atomic E-state index is 0.200. The molecule has 0 atom stereocenters. The molecule has 2 fully saturated rings. The van der Waals surface area contributed by atoms with Crippen molar-refractivity contribution in [2.75, 3.05) is 57.3 Å². The van der Waals surface area contributed by atoms with Crippen molar-refractivity contribution >= 4 is 65.8 Å². The molecule has 240 valence electrons. The lowest BCUT2D eigenvalue weighted by Gasteiger charge is -2.35. The highest BCUT2D eigenvalue weighted by Gasteiger charge is 2.27. The van der Waals surface area contributed by atoms with Crippen molar-refractivity contribution in [2.24, 2.45) is 0 Å². The second kappa shape index (κ2) is 16.5. The van der Waals surface area contributed by atoms with Gasteiger partial charge in [0.1, 0.15) is 20.4 Å². The van der Waals surface area contributed by atoms with Crippen molar-refractivity contribution in [1.29, 1.82) is 0 Å². The molecule has 0 bridgehead atoms. The SMILES string of the molecule is CC(C)(C)OC(=O)N1CCN(c2nc(Br)c[nH]c2=O)CC1.CC(C)(C)OC(=O)N1CCNCC1.O=c1[nH]cc(Br)nc1Br. The first-order valence-corrected chi connectivity index (χ1v) is 15.9. The molecule has 3 N–H and O–H groups in total. The molecule has 0 saturated carbocycles. The smallest absolute Gasteiger partial charge is 0.410 e. The van der Waals surface area contributed by atoms with Crippen molar-refractivity contribution < 1.29 is 19.1 Å². The van der Waals surface area contributed by atoms with E-state index in [1.807, 2.05) is 46.4 Å². The first-order chi connectivity index (χ1) is 19.9. The van der Waals surface area contributed by atoms with Crippen LogP contribution in [0.1, 0.15) is 41.5 Å². The van der Waals surface area contributed by atoms with E-state index < -0.39 is 5.60 Å². The van der Waals surface area contributed by atoms with Gasteiger partial charge in [0.15, 0.2) is 10.4 Å². The van der Waals surface area contributed by atoms with Crippen molar-refractivity contribution in [1.82, 2.24) is 35.1 Å². The van der Waals surface area contributed by atoms with Crippen LogP contribution in [0.4, 0.5) is 15.4 Å². The van der Waals surface area contributed by atoms with E-state index in [1.54, 1.807) is 9.80 Å². The summed E-state index contributed by atoms with van der Waals surface area (Å²) in [6.07, 6.45) is 2.46. The second-order valence-electron chi connectivity index (χ2n) is 11.4. The van der Waals surface area contributed by atoms with Gasteiger partial charge in [0.05, 0.1) is 0 Å². The maximum Gasteiger partial charge on any atom is 0.410 e. The van der Waals surface area contributed by atoms with Crippen molar-refractivity contribution in [3.05, 3.63) is 46.9 Å². The fraction of sp³-hybridized carbons (Fsp3) is 0.615. The van der Waals surface area contributed by atoms with Crippen LogP contribution < -0.4 is 21.3 Å². The zero-order chi connectivity index (χ0) is 32.4. The molecule has 0 aromatic carbocycles. The number of anilines is 1. The zero-order valence-corrected chi connectivity index (χ0v) is 29.9. The molecule has 2 saturated heterocycles. The van der Waals surface area contributed by atoms with Crippen LogP contribution in [0.2, 0.25) is 0 Å². The summed E-state index contributed by atoms with van der Waals surface area (Å²) < 4.78 is 12.0. The fourth-order valence-corrected chi connectivity index (χ4v) is 4.67. The monoisotopic (exact) mass is 796 g/mol. The first kappa shape index (κ1) is 36.7. The van der Waals surface area contributed by atoms with Gasteiger partial charge in [-0.05, 0) is 89.3 Å². The Morgan fingerprint density at radius 3 is 1.60 bits per heavy atom. The van der Waals surface area contributed by atoms with Crippen LogP contribution >= 0.6 is 47.8 Å². The fourth-order valence-electron chi connectivity index (χ4n) is 3.55. The predicted octanol–water partition coefficient (Wildman–Crippen LogP) is 3.71. The summed E-state index contributed by atoms with van der Waals surface area (Å²) in [6, 6.07) is 0. The van der Waals surface area contributed by atoms with Crippen LogP contribution in [0.15, 0.2) is 35.8 Å². The Hall–Kier alpha value is -2.50. The van der Waals surface area contributed by atoms with E-state index in [4.69, 9.17) is 9.47 Å². The van der Waals surface area contributed by atoms with E-state index in [0.29, 0.717) is 41.2 Å². The maximum absolute atomic E-state index is 12.0. The number of rotatable bonds is 1. The number of ether oxygens (including phenoxy) is 2. The zero-order valence-electron chi connectivity index (χ0n) is 25.1. The third-order valence-electron chi connectivity index (χ3n) is 5.45. The topological polar surface area (TPSA) is 166 Å². The number of H-pyrrole nitrogens is 2. The van der Waals surface area contributed by atoms with Gasteiger partial charge in [-0.15, -0.1) is 0 Å². The van der Waals surface area contributed by atoms with Gasteiger partial charge in [0.2, 0.25) is 0 Å². The number of amides is 2. The number of aromatic amines is 2. The minimum Gasteiger partial charge on any atom is -0.444 e. The highest BCUT2D eigenvalue weighted by molar-refractivity contribution is 9.11. The summed E-state index contributed by atoms with van der Waals surface area (Å²) in [5.74, 6) is 0.369. The van der Waals surface area contributed by atoms with Gasteiger partial charge in [-0.1, -0.05) is 0 Å². The molecule has 2 aliphatic rings. The number of hydrogen-bond donors (Lipinski definition) is 3. The highest BCUT2D eigenvalue weighted by atomic mass is 79.9. The molecule has 2 aromatic rings. The Morgan fingerprint density at radius 2 is 1.16 bits per heavy atom. The van der Waals surface area contributed by atoms with E-state index in [-0.39, 0.29) is 33.5 Å². The number of piperazine rings is 2. The van der Waals surface area contributed by atoms with Crippen LogP contribution in [-0.2, 0) is 9.47 Å². The number of hydrogen-bond acceptors (Lipinski definition) is 10. The molecule has 0 unspecified atom stereocenters. The van der Waals surface area contributed by atoms with E-state index in [2.05, 4.69) is 73.0 Å². The summed E-state index contributed by atoms with van der Waals surface area (Å²) in [4.78, 5) is 64.1. The normalized spacial score (nSPS) is 15.4. The standard InChI is InChI=1S/C13H19BrN4O3.C9H18N2O2.C4H2Br2N2O/c1-13(2,3)21-12(20)18-6-4-17(5-7-18)10-11(19)15-8-9(14)16-10;1-9(2,3)13-8(12)11-6-4-10-5-7-11;5-2-1-7-4(9)3(6)8-2/h8H,4-7H2,1-3H3,(H,15,19);10H,4-7H2,1-3H3;1H,(H,7,9). The van der Waals surface area contributed by atoms with Crippen LogP contribution in [0.5, 0.6) is 0 Å². The number of nitrogens with zero attached hydrogens (tertiary/aromatic N) is 5. The molecule has 2 amide bonds. The van der Waals surface area contributed by atoms with Crippen molar-refractivity contribution in [2.45, 2.75) is 52.7 Å². The molecule has 43 heavy (non-hydrogen) atoms. The highest BCUT2D eigenvalue weighted by Crippen LogP contribution is 2.15. The molecule has 0 spiro atoms. The molecule has 0 radical (unpaired) electrons. The van der Waals surface area contributed by atoms with E-state index in [0.717, 1.165) is 26.2 Å². The van der Waals surface area contributed by atoms with Crippen LogP contribution in [-0.4, -0.2) is 105 Å². The van der Waals surface area contributed by atoms with Gasteiger partial charge < -0.3 is 39.5 Å². The van der Waals surface area contributed by atoms with Crippen LogP contribution in [0.3, 0.4) is 0 Å². The Labute approximate surface area is 275 Å². The molecular formula is C26H39Br3N8O6. The van der Waals surface area contributed by atoms with E-state index in [9.17, 15) is 19.2 Å². The quantitative estimate of drug-likeness (QED) is 0.388. The van der Waals surface area contributed by atoms with Crippen LogP contribution in [0, 0.1) is 0 Å². The molecule has 2 aromatic heterocycles. The average molecular weight is 799 g/mol. The molecule has 0 aliphatic carbocycles. The van der Waals surface area contributed by atoms with Gasteiger partial charge in [0, 0.05) is 64.8 Å². The second-order valence-corrected chi connectivity index (χ2v) is 13.8. The van der Waals surface area contributed by atoms with Crippen LogP contribution in [0.25, 0.3) is 0 Å². The van der Waals surface area contributed by atoms with Crippen molar-refractivity contribution in [3.63, 3.8) is 0 Å². The summed E-state index contributed by atoms with van der Waals surface area (Å²) in [6.45, 7) is 16.5. The Morgan fingerprint density at radius 1 is 0.721 bits per heavy atom. The van der Waals surface area contributed by atoms with Gasteiger partial charge in [0.25, 0.3) is 11.1 Å². The molecule has 4 heterocycles. The molecular weight excluding hydrogens is 760 g/mol. The maximum atomic E-state index is 12.0. The molecule has 17 heteroatoms. The van der Waals surface area contributed by atoms with Gasteiger partial charge in [-0.3, -0.25) is 9.59 Å². The summed E-state index contributed by atoms with van der Waals surface area (Å²) in [5.41, 5.74) is -1.35. The van der Waals surface area contributed by atoms with Crippen molar-refractivity contribution in [3.8, 4) is 0 Å². The number of carbonyl (C=O) groups is 2. The molecule has 14 nitrogen and oxygen atoms in total. The Balaban J connectivity index is 0.000000249. The van der Waals surface area contributed by atoms with Gasteiger partial charge in [-0.25, -0.2) is 19.6 Å². The molecule has 4 rings (SSSR count).